The van der Waals surface area contributed by atoms with E-state index in [9.17, 15) is 0 Å². The summed E-state index contributed by atoms with van der Waals surface area (Å²) in [6.45, 7) is 1.87. The van der Waals surface area contributed by atoms with E-state index in [0.717, 1.165) is 0 Å². The first-order chi connectivity index (χ1) is 3.31. The van der Waals surface area contributed by atoms with Gasteiger partial charge < -0.3 is 5.11 Å². The number of halogens is 1. The molecule has 0 bridgehead atoms. The second kappa shape index (κ2) is 4.00. The molecule has 7 heavy (non-hydrogen) atoms. The van der Waals surface area contributed by atoms with E-state index in [0.29, 0.717) is 18.1 Å². The highest BCUT2D eigenvalue weighted by molar-refractivity contribution is 6.18. The number of alkyl halides is 1. The fourth-order valence-corrected chi connectivity index (χ4v) is 0.412. The number of rotatable bonds is 2. The normalized spacial score (nSPS) is 12.0. The van der Waals surface area contributed by atoms with E-state index < -0.39 is 0 Å². The van der Waals surface area contributed by atoms with Crippen LogP contribution in [0.1, 0.15) is 13.3 Å². The number of aliphatic hydroxyl groups excluding tert-OH is 1. The Labute approximate surface area is 48.6 Å². The lowest BCUT2D eigenvalue weighted by Gasteiger charge is -1.87. The van der Waals surface area contributed by atoms with Gasteiger partial charge in [-0.1, -0.05) is 6.92 Å². The molecule has 1 N–H and O–H groups in total. The Morgan fingerprint density at radius 3 is 2.57 bits per heavy atom. The molecule has 0 aliphatic carbocycles. The van der Waals surface area contributed by atoms with Crippen LogP contribution in [0.5, 0.6) is 0 Å². The van der Waals surface area contributed by atoms with Crippen LogP contribution in [0.3, 0.4) is 0 Å². The van der Waals surface area contributed by atoms with Gasteiger partial charge in [0.15, 0.2) is 0 Å². The van der Waals surface area contributed by atoms with Gasteiger partial charge in [0.25, 0.3) is 0 Å². The van der Waals surface area contributed by atoms with E-state index in [1.807, 2.05) is 6.92 Å². The number of aliphatic hydroxyl groups is 1. The zero-order chi connectivity index (χ0) is 5.70. The molecule has 0 aromatic rings. The molecule has 0 heterocycles. The molecular weight excluding hydrogens is 112 g/mol. The number of allylic oxidation sites excluding steroid dienone is 2. The molecule has 0 fully saturated rings. The fraction of sp³-hybridized carbons (Fsp3) is 0.600. The molecule has 0 aromatic heterocycles. The van der Waals surface area contributed by atoms with Crippen LogP contribution in [-0.2, 0) is 0 Å². The van der Waals surface area contributed by atoms with E-state index in [1.165, 1.54) is 0 Å². The summed E-state index contributed by atoms with van der Waals surface area (Å²) in [6, 6.07) is 0. The van der Waals surface area contributed by atoms with E-state index >= 15 is 0 Å². The Kier molecular flexibility index (Phi) is 3.90. The first-order valence-electron chi connectivity index (χ1n) is 2.25. The van der Waals surface area contributed by atoms with Crippen LogP contribution in [0.4, 0.5) is 0 Å². The highest BCUT2D eigenvalue weighted by atomic mass is 35.5. The summed E-state index contributed by atoms with van der Waals surface area (Å²) in [6.07, 6.45) is 2.26. The summed E-state index contributed by atoms with van der Waals surface area (Å²) in [5.41, 5.74) is 0. The lowest BCUT2D eigenvalue weighted by molar-refractivity contribution is 0.393. The standard InChI is InChI=1S/C5H9ClO/c1-2-5(7)3-4-6/h3,7H,2,4H2,1H3/b5-3+. The van der Waals surface area contributed by atoms with Gasteiger partial charge in [0.1, 0.15) is 0 Å². The van der Waals surface area contributed by atoms with Crippen LogP contribution < -0.4 is 0 Å². The zero-order valence-electron chi connectivity index (χ0n) is 4.32. The first-order valence-corrected chi connectivity index (χ1v) is 2.78. The van der Waals surface area contributed by atoms with Crippen molar-refractivity contribution in [3.05, 3.63) is 11.8 Å². The maximum atomic E-state index is 8.63. The molecule has 0 rings (SSSR count). The third kappa shape index (κ3) is 3.67. The van der Waals surface area contributed by atoms with Gasteiger partial charge in [0, 0.05) is 12.3 Å². The molecule has 0 aliphatic heterocycles. The second-order valence-electron chi connectivity index (χ2n) is 1.20. The molecule has 0 atom stereocenters. The molecule has 0 aromatic carbocycles. The molecule has 0 unspecified atom stereocenters. The largest absolute Gasteiger partial charge is 0.513 e. The minimum atomic E-state index is 0.370. The van der Waals surface area contributed by atoms with Crippen molar-refractivity contribution in [3.63, 3.8) is 0 Å². The quantitative estimate of drug-likeness (QED) is 0.437. The van der Waals surface area contributed by atoms with Crippen molar-refractivity contribution in [2.75, 3.05) is 5.88 Å². The second-order valence-corrected chi connectivity index (χ2v) is 1.51. The van der Waals surface area contributed by atoms with Gasteiger partial charge in [-0.3, -0.25) is 0 Å². The van der Waals surface area contributed by atoms with Gasteiger partial charge in [-0.05, 0) is 6.08 Å². The van der Waals surface area contributed by atoms with Crippen LogP contribution in [0, 0.1) is 0 Å². The molecule has 0 aliphatic rings. The van der Waals surface area contributed by atoms with E-state index in [1.54, 1.807) is 6.08 Å². The maximum absolute atomic E-state index is 8.63. The maximum Gasteiger partial charge on any atom is 0.0892 e. The Morgan fingerprint density at radius 1 is 1.86 bits per heavy atom. The van der Waals surface area contributed by atoms with Crippen molar-refractivity contribution in [2.45, 2.75) is 13.3 Å². The highest BCUT2D eigenvalue weighted by Gasteiger charge is 1.80. The summed E-state index contributed by atoms with van der Waals surface area (Å²) in [5, 5.41) is 8.63. The predicted molar refractivity (Wildman–Crippen MR) is 31.7 cm³/mol. The Hall–Kier alpha value is -0.170. The molecule has 0 saturated carbocycles. The van der Waals surface area contributed by atoms with Crippen molar-refractivity contribution >= 4 is 11.6 Å². The SMILES string of the molecule is CC/C(O)=C\CCl. The summed E-state index contributed by atoms with van der Waals surface area (Å²) >= 11 is 5.24. The predicted octanol–water partition coefficient (Wildman–Crippen LogP) is 2.08. The lowest BCUT2D eigenvalue weighted by atomic mass is 10.4. The third-order valence-electron chi connectivity index (χ3n) is 0.675. The Balaban J connectivity index is 3.29. The minimum absolute atomic E-state index is 0.370. The van der Waals surface area contributed by atoms with Crippen LogP contribution in [0.15, 0.2) is 11.8 Å². The first kappa shape index (κ1) is 6.83. The molecule has 0 saturated heterocycles. The van der Waals surface area contributed by atoms with Gasteiger partial charge in [-0.25, -0.2) is 0 Å². The van der Waals surface area contributed by atoms with E-state index in [2.05, 4.69) is 0 Å². The summed E-state index contributed by atoms with van der Waals surface area (Å²) in [4.78, 5) is 0. The summed E-state index contributed by atoms with van der Waals surface area (Å²) < 4.78 is 0. The summed E-state index contributed by atoms with van der Waals surface area (Å²) in [7, 11) is 0. The highest BCUT2D eigenvalue weighted by Crippen LogP contribution is 1.93. The molecule has 0 amide bonds. The van der Waals surface area contributed by atoms with Crippen LogP contribution >= 0.6 is 11.6 Å². The minimum Gasteiger partial charge on any atom is -0.513 e. The number of hydrogen-bond donors (Lipinski definition) is 1. The number of hydrogen-bond acceptors (Lipinski definition) is 1. The van der Waals surface area contributed by atoms with Gasteiger partial charge in [-0.2, -0.15) is 0 Å². The van der Waals surface area contributed by atoms with Crippen LogP contribution in [-0.4, -0.2) is 11.0 Å². The van der Waals surface area contributed by atoms with E-state index in [-0.39, 0.29) is 0 Å². The molecule has 0 spiro atoms. The van der Waals surface area contributed by atoms with Crippen molar-refractivity contribution < 1.29 is 5.11 Å². The molecule has 1 nitrogen and oxygen atoms in total. The van der Waals surface area contributed by atoms with Gasteiger partial charge in [-0.15, -0.1) is 11.6 Å². The smallest absolute Gasteiger partial charge is 0.0892 e. The molecule has 2 heteroatoms. The van der Waals surface area contributed by atoms with E-state index in [4.69, 9.17) is 16.7 Å². The van der Waals surface area contributed by atoms with Gasteiger partial charge in [0.05, 0.1) is 5.76 Å². The van der Waals surface area contributed by atoms with Crippen LogP contribution in [0.25, 0.3) is 0 Å². The fourth-order valence-electron chi connectivity index (χ4n) is 0.233. The van der Waals surface area contributed by atoms with Gasteiger partial charge in [0.2, 0.25) is 0 Å². The lowest BCUT2D eigenvalue weighted by Crippen LogP contribution is -1.75. The third-order valence-corrected chi connectivity index (χ3v) is 0.829. The zero-order valence-corrected chi connectivity index (χ0v) is 5.07. The van der Waals surface area contributed by atoms with Crippen molar-refractivity contribution in [1.82, 2.24) is 0 Å². The van der Waals surface area contributed by atoms with Crippen LogP contribution in [0.2, 0.25) is 0 Å². The van der Waals surface area contributed by atoms with Crippen molar-refractivity contribution in [2.24, 2.45) is 0 Å². The Bertz CT molecular complexity index is 68.5. The van der Waals surface area contributed by atoms with Crippen molar-refractivity contribution in [1.29, 1.82) is 0 Å². The van der Waals surface area contributed by atoms with Gasteiger partial charge >= 0.3 is 0 Å². The monoisotopic (exact) mass is 120 g/mol. The molecule has 0 radical (unpaired) electrons. The van der Waals surface area contributed by atoms with Crippen molar-refractivity contribution in [3.8, 4) is 0 Å². The topological polar surface area (TPSA) is 20.2 Å². The average molecular weight is 121 g/mol. The average Bonchev–Trinajstić information content (AvgIpc) is 1.68. The Morgan fingerprint density at radius 2 is 2.43 bits per heavy atom. The molecule has 42 valence electrons. The molecular formula is C5H9ClO. The summed E-state index contributed by atoms with van der Waals surface area (Å²) in [5.74, 6) is 0.773.